The predicted molar refractivity (Wildman–Crippen MR) is 198 cm³/mol. The fraction of sp³-hybridized carbons (Fsp3) is 0.447. The minimum atomic E-state index is -1.16. The largest absolute Gasteiger partial charge is 0.483 e. The first kappa shape index (κ1) is 41.0. The number of rotatable bonds is 8. The van der Waals surface area contributed by atoms with E-state index in [0.29, 0.717) is 17.7 Å². The van der Waals surface area contributed by atoms with Crippen LogP contribution in [0, 0.1) is 5.92 Å². The van der Waals surface area contributed by atoms with Gasteiger partial charge in [0.1, 0.15) is 12.1 Å². The Morgan fingerprint density at radius 1 is 0.963 bits per heavy atom. The van der Waals surface area contributed by atoms with E-state index in [0.717, 1.165) is 24.1 Å². The van der Waals surface area contributed by atoms with Gasteiger partial charge in [-0.05, 0) is 48.6 Å². The van der Waals surface area contributed by atoms with Gasteiger partial charge in [0.2, 0.25) is 17.7 Å². The van der Waals surface area contributed by atoms with Crippen LogP contribution in [0.15, 0.2) is 65.5 Å². The highest BCUT2D eigenvalue weighted by molar-refractivity contribution is 5.96. The first-order valence-electron chi connectivity index (χ1n) is 17.9. The summed E-state index contributed by atoms with van der Waals surface area (Å²) in [6.07, 6.45) is 0.190. The third-order valence-corrected chi connectivity index (χ3v) is 8.93. The van der Waals surface area contributed by atoms with Crippen LogP contribution < -0.4 is 21.5 Å². The van der Waals surface area contributed by atoms with Gasteiger partial charge in [-0.1, -0.05) is 57.5 Å². The Labute approximate surface area is 313 Å². The zero-order chi connectivity index (χ0) is 39.4. The molecule has 2 saturated heterocycles. The number of aryl methyl sites for hydroxylation is 1. The highest BCUT2D eigenvalue weighted by Gasteiger charge is 2.38. The molecule has 0 spiro atoms. The average molecular weight is 748 g/mol. The summed E-state index contributed by atoms with van der Waals surface area (Å²) in [6.45, 7) is 5.25. The third kappa shape index (κ3) is 11.1. The normalized spacial score (nSPS) is 21.1. The van der Waals surface area contributed by atoms with Gasteiger partial charge in [0.25, 0.3) is 23.8 Å². The molecule has 2 aromatic carbocycles. The number of ether oxygens (including phenoxy) is 1. The first-order chi connectivity index (χ1) is 25.8. The molecule has 3 heterocycles. The maximum atomic E-state index is 13.9. The van der Waals surface area contributed by atoms with Crippen molar-refractivity contribution in [3.63, 3.8) is 0 Å². The smallest absolute Gasteiger partial charge is 0.290 e. The van der Waals surface area contributed by atoms with Crippen molar-refractivity contribution in [2.75, 3.05) is 33.2 Å². The van der Waals surface area contributed by atoms with E-state index < -0.39 is 47.9 Å². The van der Waals surface area contributed by atoms with E-state index in [2.05, 4.69) is 21.0 Å². The van der Waals surface area contributed by atoms with Crippen molar-refractivity contribution >= 4 is 36.0 Å². The Bertz CT molecular complexity index is 1820. The standard InChI is InChI=1S/C37H47N7O7.CH2O2/c1-5-9-26-18-33(46)44(41-26)27-14-12-25(13-15-27)36(49)43-20-28-19-38-34(47)29(16-23(2)3)39-32(45)22-42(4)37(50)30(17-24-10-7-6-8-11-24)40-35(48)31(21-43)51-28;2-1-3/h6-8,10-15,18,23,28-31,41H,5,9,16-17,19-22H2,1-4H3,(H,38,47)(H,39,45)(H,40,48);1H,(H,2,3)/t28-,29+,30-,31-;/m1./s1. The number of carbonyl (C=O) groups excluding carboxylic acids is 5. The molecule has 0 aliphatic carbocycles. The van der Waals surface area contributed by atoms with Gasteiger partial charge in [-0.25, -0.2) is 4.68 Å². The van der Waals surface area contributed by atoms with Gasteiger partial charge in [-0.2, -0.15) is 0 Å². The Balaban J connectivity index is 0.00000209. The molecule has 290 valence electrons. The molecule has 2 aliphatic rings. The molecule has 2 aliphatic heterocycles. The maximum absolute atomic E-state index is 13.9. The predicted octanol–water partition coefficient (Wildman–Crippen LogP) is 0.875. The lowest BCUT2D eigenvalue weighted by Crippen LogP contribution is -2.59. The number of H-pyrrole nitrogens is 1. The SMILES string of the molecule is CCCc1cc(=O)n(-c2ccc(C(=O)N3C[C@H]4CNC(=O)[C@H](CC(C)C)NC(=O)CN(C)C(=O)[C@@H](Cc5ccccc5)NC(=O)[C@@H](C3)O4)cc2)[nH]1.O=CO. The maximum Gasteiger partial charge on any atom is 0.290 e. The number of nitrogens with zero attached hydrogens (tertiary/aromatic N) is 3. The van der Waals surface area contributed by atoms with Crippen LogP contribution in [0.3, 0.4) is 0 Å². The van der Waals surface area contributed by atoms with Crippen LogP contribution in [0.4, 0.5) is 0 Å². The van der Waals surface area contributed by atoms with Crippen molar-refractivity contribution in [3.05, 3.63) is 87.8 Å². The summed E-state index contributed by atoms with van der Waals surface area (Å²) in [5, 5.41) is 18.4. The molecule has 3 aromatic rings. The first-order valence-corrected chi connectivity index (χ1v) is 17.9. The molecular weight excluding hydrogens is 698 g/mol. The fourth-order valence-corrected chi connectivity index (χ4v) is 6.39. The van der Waals surface area contributed by atoms with E-state index in [4.69, 9.17) is 14.6 Å². The van der Waals surface area contributed by atoms with E-state index in [1.165, 1.54) is 21.5 Å². The van der Waals surface area contributed by atoms with Gasteiger partial charge in [0, 0.05) is 43.9 Å². The van der Waals surface area contributed by atoms with Crippen LogP contribution in [-0.4, -0.2) is 118 Å². The number of hydrogen-bond acceptors (Lipinski definition) is 8. The van der Waals surface area contributed by atoms with Gasteiger partial charge in [-0.15, -0.1) is 0 Å². The number of benzene rings is 2. The minimum Gasteiger partial charge on any atom is -0.483 e. The summed E-state index contributed by atoms with van der Waals surface area (Å²) in [7, 11) is 1.47. The molecule has 2 fully saturated rings. The van der Waals surface area contributed by atoms with E-state index in [1.54, 1.807) is 30.3 Å². The second-order valence-electron chi connectivity index (χ2n) is 13.8. The number of hydrogen-bond donors (Lipinski definition) is 5. The topological polar surface area (TPSA) is 212 Å². The number of likely N-dealkylation sites (N-methyl/N-ethyl adjacent to an activating group) is 1. The summed E-state index contributed by atoms with van der Waals surface area (Å²) in [5.74, 6) is -2.34. The lowest BCUT2D eigenvalue weighted by atomic mass is 10.0. The summed E-state index contributed by atoms with van der Waals surface area (Å²) < 4.78 is 7.59. The van der Waals surface area contributed by atoms with Crippen molar-refractivity contribution in [1.29, 1.82) is 0 Å². The Morgan fingerprint density at radius 3 is 2.30 bits per heavy atom. The molecule has 5 amide bonds. The van der Waals surface area contributed by atoms with E-state index in [1.807, 2.05) is 51.1 Å². The molecule has 0 unspecified atom stereocenters. The van der Waals surface area contributed by atoms with Gasteiger partial charge in [0.15, 0.2) is 6.10 Å². The minimum absolute atomic E-state index is 0.0299. The average Bonchev–Trinajstić information content (AvgIpc) is 3.52. The van der Waals surface area contributed by atoms with Crippen molar-refractivity contribution in [1.82, 2.24) is 35.5 Å². The van der Waals surface area contributed by atoms with Crippen molar-refractivity contribution in [3.8, 4) is 5.69 Å². The third-order valence-electron chi connectivity index (χ3n) is 8.93. The van der Waals surface area contributed by atoms with E-state index >= 15 is 0 Å². The van der Waals surface area contributed by atoms with Crippen LogP contribution in [0.25, 0.3) is 5.69 Å². The molecule has 5 rings (SSSR count). The second kappa shape index (κ2) is 19.3. The Kier molecular flexibility index (Phi) is 14.7. The van der Waals surface area contributed by atoms with Crippen molar-refractivity contribution < 1.29 is 38.6 Å². The fourth-order valence-electron chi connectivity index (χ4n) is 6.39. The lowest BCUT2D eigenvalue weighted by molar-refractivity contribution is -0.148. The van der Waals surface area contributed by atoms with Crippen LogP contribution in [0.2, 0.25) is 0 Å². The Hall–Kier alpha value is -5.77. The Morgan fingerprint density at radius 2 is 1.65 bits per heavy atom. The molecule has 1 aromatic heterocycles. The quantitative estimate of drug-likeness (QED) is 0.207. The second-order valence-corrected chi connectivity index (χ2v) is 13.8. The van der Waals surface area contributed by atoms with Crippen molar-refractivity contribution in [2.24, 2.45) is 5.92 Å². The number of carbonyl (C=O) groups is 6. The van der Waals surface area contributed by atoms with E-state index in [9.17, 15) is 28.8 Å². The van der Waals surface area contributed by atoms with Gasteiger partial charge >= 0.3 is 0 Å². The summed E-state index contributed by atoms with van der Waals surface area (Å²) in [6, 6.07) is 15.4. The van der Waals surface area contributed by atoms with Crippen LogP contribution in [-0.2, 0) is 41.6 Å². The molecule has 2 bridgehead atoms. The molecule has 54 heavy (non-hydrogen) atoms. The van der Waals surface area contributed by atoms with Crippen LogP contribution >= 0.6 is 0 Å². The van der Waals surface area contributed by atoms with Crippen molar-refractivity contribution in [2.45, 2.75) is 70.7 Å². The van der Waals surface area contributed by atoms with Crippen LogP contribution in [0.1, 0.15) is 55.2 Å². The monoisotopic (exact) mass is 747 g/mol. The number of nitrogens with one attached hydrogen (secondary N) is 4. The molecule has 16 nitrogen and oxygen atoms in total. The molecule has 0 radical (unpaired) electrons. The molecular formula is C38H49N7O9. The molecule has 0 saturated carbocycles. The number of carboxylic acid groups (broad SMARTS) is 1. The number of aromatic nitrogens is 2. The molecule has 16 heteroatoms. The number of amides is 5. The highest BCUT2D eigenvalue weighted by Crippen LogP contribution is 2.18. The number of morpholine rings is 1. The highest BCUT2D eigenvalue weighted by atomic mass is 16.5. The number of fused-ring (bicyclic) bond motifs is 2. The zero-order valence-electron chi connectivity index (χ0n) is 30.9. The van der Waals surface area contributed by atoms with Gasteiger partial charge in [-0.3, -0.25) is 38.7 Å². The molecule has 4 atom stereocenters. The lowest BCUT2D eigenvalue weighted by Gasteiger charge is -2.38. The summed E-state index contributed by atoms with van der Waals surface area (Å²) in [5.41, 5.74) is 2.31. The van der Waals surface area contributed by atoms with Crippen LogP contribution in [0.5, 0.6) is 0 Å². The van der Waals surface area contributed by atoms with Gasteiger partial charge < -0.3 is 35.6 Å². The summed E-state index contributed by atoms with van der Waals surface area (Å²) >= 11 is 0. The zero-order valence-corrected chi connectivity index (χ0v) is 30.9. The van der Waals surface area contributed by atoms with E-state index in [-0.39, 0.29) is 56.5 Å². The number of aromatic amines is 1. The molecule has 5 N–H and O–H groups in total. The van der Waals surface area contributed by atoms with Gasteiger partial charge in [0.05, 0.1) is 24.9 Å². The summed E-state index contributed by atoms with van der Waals surface area (Å²) in [4.78, 5) is 91.6.